The van der Waals surface area contributed by atoms with E-state index in [0.717, 1.165) is 24.8 Å². The summed E-state index contributed by atoms with van der Waals surface area (Å²) in [6, 6.07) is 11.2. The third-order valence-corrected chi connectivity index (χ3v) is 4.24. The van der Waals surface area contributed by atoms with Gasteiger partial charge in [-0.25, -0.2) is 4.39 Å². The Morgan fingerprint density at radius 3 is 2.52 bits per heavy atom. The normalized spacial score (nSPS) is 17.4. The third kappa shape index (κ3) is 2.47. The van der Waals surface area contributed by atoms with Gasteiger partial charge in [-0.3, -0.25) is 9.78 Å². The van der Waals surface area contributed by atoms with Crippen LogP contribution in [0.25, 0.3) is 0 Å². The molecule has 3 rings (SSSR count). The number of carbonyl (C=O) groups is 1. The molecule has 2 heterocycles. The number of nitrogens with one attached hydrogen (secondary N) is 1. The summed E-state index contributed by atoms with van der Waals surface area (Å²) in [7, 11) is 0. The number of nitrogens with zero attached hydrogens (tertiary/aromatic N) is 1. The van der Waals surface area contributed by atoms with E-state index in [-0.39, 0.29) is 11.3 Å². The summed E-state index contributed by atoms with van der Waals surface area (Å²) in [5.41, 5.74) is 0.456. The summed E-state index contributed by atoms with van der Waals surface area (Å²) in [6.07, 6.45) is 3.93. The minimum atomic E-state index is -0.644. The number of hydrogen-bond acceptors (Lipinski definition) is 3. The number of aromatic nitrogens is 1. The number of rotatable bonds is 3. The fourth-order valence-electron chi connectivity index (χ4n) is 3.07. The Balaban J connectivity index is 2.08. The fraction of sp³-hybridized carbons (Fsp3) is 0.294. The van der Waals surface area contributed by atoms with Crippen LogP contribution < -0.4 is 5.32 Å². The molecule has 108 valence electrons. The number of piperidine rings is 1. The van der Waals surface area contributed by atoms with E-state index < -0.39 is 11.2 Å². The molecule has 21 heavy (non-hydrogen) atoms. The van der Waals surface area contributed by atoms with E-state index >= 15 is 0 Å². The van der Waals surface area contributed by atoms with Crippen molar-refractivity contribution >= 4 is 5.78 Å². The van der Waals surface area contributed by atoms with Gasteiger partial charge in [0.15, 0.2) is 11.6 Å². The minimum absolute atomic E-state index is 0.135. The van der Waals surface area contributed by atoms with E-state index in [2.05, 4.69) is 10.3 Å². The largest absolute Gasteiger partial charge is 0.317 e. The van der Waals surface area contributed by atoms with E-state index in [1.54, 1.807) is 0 Å². The van der Waals surface area contributed by atoms with Crippen LogP contribution >= 0.6 is 0 Å². The quantitative estimate of drug-likeness (QED) is 0.881. The Kier molecular flexibility index (Phi) is 3.80. The maximum Gasteiger partial charge on any atom is 0.176 e. The van der Waals surface area contributed by atoms with E-state index in [0.29, 0.717) is 12.8 Å². The van der Waals surface area contributed by atoms with Crippen molar-refractivity contribution in [2.24, 2.45) is 0 Å². The van der Waals surface area contributed by atoms with E-state index in [1.165, 1.54) is 12.3 Å². The van der Waals surface area contributed by atoms with Crippen molar-refractivity contribution in [1.29, 1.82) is 0 Å². The molecule has 1 aliphatic rings. The topological polar surface area (TPSA) is 42.0 Å². The van der Waals surface area contributed by atoms with Gasteiger partial charge in [0.25, 0.3) is 0 Å². The molecule has 1 aromatic heterocycles. The van der Waals surface area contributed by atoms with Crippen LogP contribution in [0.4, 0.5) is 4.39 Å². The zero-order chi connectivity index (χ0) is 14.7. The zero-order valence-electron chi connectivity index (χ0n) is 11.7. The Morgan fingerprint density at radius 2 is 1.86 bits per heavy atom. The third-order valence-electron chi connectivity index (χ3n) is 4.24. The van der Waals surface area contributed by atoms with E-state index in [1.807, 2.05) is 30.3 Å². The zero-order valence-corrected chi connectivity index (χ0v) is 11.7. The number of hydrogen-bond donors (Lipinski definition) is 1. The molecule has 3 nitrogen and oxygen atoms in total. The van der Waals surface area contributed by atoms with Crippen LogP contribution in [0.3, 0.4) is 0 Å². The number of benzene rings is 1. The molecule has 4 heteroatoms. The number of halogens is 1. The summed E-state index contributed by atoms with van der Waals surface area (Å²) in [5.74, 6) is -0.688. The first kappa shape index (κ1) is 13.9. The molecule has 0 spiro atoms. The highest BCUT2D eigenvalue weighted by Crippen LogP contribution is 2.37. The van der Waals surface area contributed by atoms with Gasteiger partial charge in [0.05, 0.1) is 17.2 Å². The Bertz CT molecular complexity index is 636. The van der Waals surface area contributed by atoms with Gasteiger partial charge < -0.3 is 5.32 Å². The number of ketones is 1. The molecule has 1 aliphatic heterocycles. The summed E-state index contributed by atoms with van der Waals surface area (Å²) in [5, 5.41) is 3.27. The molecular weight excluding hydrogens is 267 g/mol. The smallest absolute Gasteiger partial charge is 0.176 e. The van der Waals surface area contributed by atoms with Crippen molar-refractivity contribution in [2.45, 2.75) is 18.3 Å². The van der Waals surface area contributed by atoms with Crippen LogP contribution in [0.1, 0.15) is 28.8 Å². The first-order valence-electron chi connectivity index (χ1n) is 7.15. The van der Waals surface area contributed by atoms with Gasteiger partial charge >= 0.3 is 0 Å². The molecule has 0 aliphatic carbocycles. The van der Waals surface area contributed by atoms with Gasteiger partial charge in [-0.05, 0) is 37.6 Å². The van der Waals surface area contributed by atoms with Gasteiger partial charge in [0, 0.05) is 6.20 Å². The van der Waals surface area contributed by atoms with Crippen LogP contribution in [-0.4, -0.2) is 23.9 Å². The molecule has 0 unspecified atom stereocenters. The molecule has 1 saturated heterocycles. The first-order valence-corrected chi connectivity index (χ1v) is 7.15. The second kappa shape index (κ2) is 5.74. The summed E-state index contributed by atoms with van der Waals surface area (Å²) >= 11 is 0. The van der Waals surface area contributed by atoms with Crippen molar-refractivity contribution in [2.75, 3.05) is 13.1 Å². The van der Waals surface area contributed by atoms with Crippen molar-refractivity contribution in [3.05, 3.63) is 65.7 Å². The number of pyridine rings is 1. The Labute approximate surface area is 123 Å². The lowest BCUT2D eigenvalue weighted by molar-refractivity contribution is 0.0842. The van der Waals surface area contributed by atoms with Crippen molar-refractivity contribution < 1.29 is 9.18 Å². The van der Waals surface area contributed by atoms with Gasteiger partial charge in [-0.1, -0.05) is 30.3 Å². The lowest BCUT2D eigenvalue weighted by atomic mass is 9.68. The highest BCUT2D eigenvalue weighted by molar-refractivity contribution is 6.04. The second-order valence-electron chi connectivity index (χ2n) is 5.38. The molecule has 1 N–H and O–H groups in total. The van der Waals surface area contributed by atoms with Crippen molar-refractivity contribution in [3.8, 4) is 0 Å². The average molecular weight is 284 g/mol. The summed E-state index contributed by atoms with van der Waals surface area (Å²) < 4.78 is 14.0. The van der Waals surface area contributed by atoms with Crippen LogP contribution in [0, 0.1) is 5.82 Å². The maximum absolute atomic E-state index is 14.0. The molecule has 0 atom stereocenters. The SMILES string of the molecule is O=C(c1ccncc1F)C1(c2ccccc2)CCNCC1. The lowest BCUT2D eigenvalue weighted by Crippen LogP contribution is -2.45. The van der Waals surface area contributed by atoms with E-state index in [4.69, 9.17) is 0 Å². The highest BCUT2D eigenvalue weighted by atomic mass is 19.1. The molecule has 0 bridgehead atoms. The van der Waals surface area contributed by atoms with Crippen molar-refractivity contribution in [1.82, 2.24) is 10.3 Å². The highest BCUT2D eigenvalue weighted by Gasteiger charge is 2.42. The Morgan fingerprint density at radius 1 is 1.14 bits per heavy atom. The predicted octanol–water partition coefficient (Wildman–Crippen LogP) is 2.72. The van der Waals surface area contributed by atoms with E-state index in [9.17, 15) is 9.18 Å². The minimum Gasteiger partial charge on any atom is -0.317 e. The molecule has 1 aromatic carbocycles. The second-order valence-corrected chi connectivity index (χ2v) is 5.38. The molecule has 0 radical (unpaired) electrons. The van der Waals surface area contributed by atoms with Crippen LogP contribution in [-0.2, 0) is 5.41 Å². The summed E-state index contributed by atoms with van der Waals surface area (Å²) in [6.45, 7) is 1.51. The van der Waals surface area contributed by atoms with Gasteiger partial charge in [-0.15, -0.1) is 0 Å². The fourth-order valence-corrected chi connectivity index (χ4v) is 3.07. The predicted molar refractivity (Wildman–Crippen MR) is 78.7 cm³/mol. The standard InChI is InChI=1S/C17H17FN2O/c18-15-12-20-9-6-14(15)16(21)17(7-10-19-11-8-17)13-4-2-1-3-5-13/h1-6,9,12,19H,7-8,10-11H2. The lowest BCUT2D eigenvalue weighted by Gasteiger charge is -2.37. The molecule has 0 amide bonds. The van der Waals surface area contributed by atoms with Gasteiger partial charge in [0.1, 0.15) is 0 Å². The monoisotopic (exact) mass is 284 g/mol. The van der Waals surface area contributed by atoms with Crippen LogP contribution in [0.2, 0.25) is 0 Å². The van der Waals surface area contributed by atoms with Crippen molar-refractivity contribution in [3.63, 3.8) is 0 Å². The average Bonchev–Trinajstić information content (AvgIpc) is 2.56. The molecule has 2 aromatic rings. The summed E-state index contributed by atoms with van der Waals surface area (Å²) in [4.78, 5) is 16.8. The maximum atomic E-state index is 14.0. The molecule has 1 fully saturated rings. The first-order chi connectivity index (χ1) is 10.2. The Hall–Kier alpha value is -2.07. The van der Waals surface area contributed by atoms with Gasteiger partial charge in [-0.2, -0.15) is 0 Å². The van der Waals surface area contributed by atoms with Gasteiger partial charge in [0.2, 0.25) is 0 Å². The molecule has 0 saturated carbocycles. The molecular formula is C17H17FN2O. The number of Topliss-reactive ketones (excluding diaryl/α,β-unsaturated/α-hetero) is 1. The van der Waals surface area contributed by atoms with Crippen LogP contribution in [0.5, 0.6) is 0 Å². The number of carbonyl (C=O) groups excluding carboxylic acids is 1. The van der Waals surface area contributed by atoms with Crippen LogP contribution in [0.15, 0.2) is 48.8 Å².